The van der Waals surface area contributed by atoms with Crippen molar-refractivity contribution >= 4 is 33.9 Å². The molecular formula is C13H12ClN3O3S. The summed E-state index contributed by atoms with van der Waals surface area (Å²) in [5.41, 5.74) is 0.197. The van der Waals surface area contributed by atoms with Gasteiger partial charge in [0.2, 0.25) is 0 Å². The molecule has 110 valence electrons. The number of hydrogen-bond donors (Lipinski definition) is 3. The quantitative estimate of drug-likeness (QED) is 0.315. The zero-order valence-electron chi connectivity index (χ0n) is 10.9. The van der Waals surface area contributed by atoms with Crippen molar-refractivity contribution in [3.63, 3.8) is 0 Å². The van der Waals surface area contributed by atoms with Crippen molar-refractivity contribution in [3.8, 4) is 0 Å². The molecule has 2 aliphatic heterocycles. The van der Waals surface area contributed by atoms with Gasteiger partial charge in [0.05, 0.1) is 17.4 Å². The molecule has 0 amide bonds. The number of ketones is 1. The smallest absolute Gasteiger partial charge is 0.200 e. The van der Waals surface area contributed by atoms with Crippen molar-refractivity contribution in [1.82, 2.24) is 10.3 Å². The summed E-state index contributed by atoms with van der Waals surface area (Å²) in [6.45, 7) is 1.73. The Balaban J connectivity index is 2.18. The van der Waals surface area contributed by atoms with Crippen molar-refractivity contribution in [3.05, 3.63) is 47.0 Å². The van der Waals surface area contributed by atoms with Gasteiger partial charge in [0.1, 0.15) is 10.8 Å². The minimum atomic E-state index is -1.33. The van der Waals surface area contributed by atoms with E-state index >= 15 is 0 Å². The standard InChI is InChI=1S/C13H12ClN3O3S/c1-13(14)3-2-7-9(19)8(6-18)11(20)17(10(7)16-13)12-15-4-5-21-12/h2-6,11,16,18,20H,1H3. The van der Waals surface area contributed by atoms with Crippen LogP contribution in [0.15, 0.2) is 47.0 Å². The number of aliphatic hydroxyl groups is 2. The van der Waals surface area contributed by atoms with E-state index in [9.17, 15) is 15.0 Å². The molecule has 2 atom stereocenters. The number of rotatable bonds is 1. The van der Waals surface area contributed by atoms with Crippen molar-refractivity contribution in [1.29, 1.82) is 0 Å². The molecule has 3 rings (SSSR count). The van der Waals surface area contributed by atoms with Gasteiger partial charge >= 0.3 is 0 Å². The highest BCUT2D eigenvalue weighted by molar-refractivity contribution is 7.13. The molecule has 1 aromatic rings. The third kappa shape index (κ3) is 2.23. The summed E-state index contributed by atoms with van der Waals surface area (Å²) >= 11 is 7.55. The van der Waals surface area contributed by atoms with E-state index < -0.39 is 17.0 Å². The van der Waals surface area contributed by atoms with Crippen LogP contribution in [-0.4, -0.2) is 32.2 Å². The number of thiazole rings is 1. The van der Waals surface area contributed by atoms with E-state index in [0.717, 1.165) is 0 Å². The number of nitrogens with zero attached hydrogens (tertiary/aromatic N) is 2. The van der Waals surface area contributed by atoms with Gasteiger partial charge in [-0.15, -0.1) is 11.3 Å². The number of nitrogens with one attached hydrogen (secondary N) is 1. The molecule has 3 heterocycles. The molecule has 6 nitrogen and oxygen atoms in total. The fourth-order valence-electron chi connectivity index (χ4n) is 2.23. The Morgan fingerprint density at radius 1 is 1.62 bits per heavy atom. The number of Topliss-reactive ketones (excluding diaryl/α,β-unsaturated/α-hetero) is 1. The Hall–Kier alpha value is -1.83. The normalized spacial score (nSPS) is 30.6. The van der Waals surface area contributed by atoms with Gasteiger partial charge in [-0.2, -0.15) is 0 Å². The molecule has 3 N–H and O–H groups in total. The van der Waals surface area contributed by atoms with Crippen LogP contribution in [0.1, 0.15) is 6.92 Å². The predicted molar refractivity (Wildman–Crippen MR) is 79.9 cm³/mol. The number of carbonyl (C=O) groups excluding carboxylic acids is 1. The van der Waals surface area contributed by atoms with Crippen LogP contribution in [0.5, 0.6) is 0 Å². The SMILES string of the molecule is CC1(Cl)C=CC2=C(N1)N(c1nccs1)C(O)C(=CO)C2=O. The topological polar surface area (TPSA) is 85.7 Å². The van der Waals surface area contributed by atoms with Crippen molar-refractivity contribution in [2.75, 3.05) is 4.90 Å². The fraction of sp³-hybridized carbons (Fsp3) is 0.231. The number of hydrogen-bond acceptors (Lipinski definition) is 7. The van der Waals surface area contributed by atoms with Crippen LogP contribution in [0, 0.1) is 0 Å². The molecule has 8 heteroatoms. The third-order valence-corrected chi connectivity index (χ3v) is 4.21. The van der Waals surface area contributed by atoms with Crippen LogP contribution in [0.3, 0.4) is 0 Å². The van der Waals surface area contributed by atoms with E-state index in [0.29, 0.717) is 22.8 Å². The van der Waals surface area contributed by atoms with E-state index in [1.165, 1.54) is 16.2 Å². The first-order valence-corrected chi connectivity index (χ1v) is 7.37. The maximum atomic E-state index is 12.3. The number of halogens is 1. The highest BCUT2D eigenvalue weighted by Crippen LogP contribution is 2.36. The van der Waals surface area contributed by atoms with Gasteiger partial charge in [-0.05, 0) is 19.1 Å². The largest absolute Gasteiger partial charge is 0.515 e. The Morgan fingerprint density at radius 2 is 2.38 bits per heavy atom. The lowest BCUT2D eigenvalue weighted by Crippen LogP contribution is -2.52. The molecule has 21 heavy (non-hydrogen) atoms. The third-order valence-electron chi connectivity index (χ3n) is 3.22. The average molecular weight is 326 g/mol. The molecule has 0 bridgehead atoms. The van der Waals surface area contributed by atoms with Crippen LogP contribution in [0.2, 0.25) is 0 Å². The summed E-state index contributed by atoms with van der Waals surface area (Å²) in [4.78, 5) is 17.0. The first-order chi connectivity index (χ1) is 9.94. The van der Waals surface area contributed by atoms with Crippen LogP contribution < -0.4 is 10.2 Å². The summed E-state index contributed by atoms with van der Waals surface area (Å²) in [7, 11) is 0. The highest BCUT2D eigenvalue weighted by atomic mass is 35.5. The maximum Gasteiger partial charge on any atom is 0.200 e. The first kappa shape index (κ1) is 14.1. The number of carbonyl (C=O) groups is 1. The summed E-state index contributed by atoms with van der Waals surface area (Å²) < 4.78 is 0. The van der Waals surface area contributed by atoms with Gasteiger partial charge in [-0.25, -0.2) is 4.98 Å². The number of allylic oxidation sites excluding steroid dienone is 2. The van der Waals surface area contributed by atoms with Crippen LogP contribution in [0.25, 0.3) is 0 Å². The molecule has 0 radical (unpaired) electrons. The van der Waals surface area contributed by atoms with E-state index in [1.807, 2.05) is 0 Å². The lowest BCUT2D eigenvalue weighted by atomic mass is 9.95. The first-order valence-electron chi connectivity index (χ1n) is 6.11. The van der Waals surface area contributed by atoms with Crippen molar-refractivity contribution < 1.29 is 15.0 Å². The summed E-state index contributed by atoms with van der Waals surface area (Å²) in [6, 6.07) is 0. The zero-order valence-corrected chi connectivity index (χ0v) is 12.5. The van der Waals surface area contributed by atoms with Crippen LogP contribution in [0.4, 0.5) is 5.13 Å². The van der Waals surface area contributed by atoms with Gasteiger partial charge in [0.15, 0.2) is 17.1 Å². The lowest BCUT2D eigenvalue weighted by Gasteiger charge is -2.40. The number of dihydropyridines is 1. The fourth-order valence-corrected chi connectivity index (χ4v) is 3.05. The van der Waals surface area contributed by atoms with Gasteiger partial charge < -0.3 is 15.5 Å². The van der Waals surface area contributed by atoms with E-state index in [4.69, 9.17) is 11.6 Å². The number of alkyl halides is 1. The van der Waals surface area contributed by atoms with Crippen LogP contribution >= 0.6 is 22.9 Å². The van der Waals surface area contributed by atoms with Gasteiger partial charge in [-0.1, -0.05) is 11.6 Å². The second kappa shape index (κ2) is 4.87. The van der Waals surface area contributed by atoms with Crippen molar-refractivity contribution in [2.45, 2.75) is 18.1 Å². The monoisotopic (exact) mass is 325 g/mol. The second-order valence-corrected chi connectivity index (χ2v) is 6.43. The minimum Gasteiger partial charge on any atom is -0.515 e. The Morgan fingerprint density at radius 3 is 3.00 bits per heavy atom. The average Bonchev–Trinajstić information content (AvgIpc) is 2.92. The lowest BCUT2D eigenvalue weighted by molar-refractivity contribution is -0.113. The number of aromatic nitrogens is 1. The molecule has 0 fully saturated rings. The molecule has 1 aromatic heterocycles. The Bertz CT molecular complexity index is 679. The van der Waals surface area contributed by atoms with Crippen LogP contribution in [-0.2, 0) is 4.79 Å². The zero-order chi connectivity index (χ0) is 15.2. The molecule has 0 saturated heterocycles. The molecule has 2 aliphatic rings. The summed E-state index contributed by atoms with van der Waals surface area (Å²) in [5, 5.41) is 24.9. The van der Waals surface area contributed by atoms with Crippen molar-refractivity contribution in [2.24, 2.45) is 0 Å². The van der Waals surface area contributed by atoms with Gasteiger partial charge in [0, 0.05) is 11.6 Å². The molecular weight excluding hydrogens is 314 g/mol. The van der Waals surface area contributed by atoms with Gasteiger partial charge in [-0.3, -0.25) is 9.69 Å². The summed E-state index contributed by atoms with van der Waals surface area (Å²) in [5.74, 6) is -0.0863. The molecule has 2 unspecified atom stereocenters. The molecule has 0 aromatic carbocycles. The number of anilines is 1. The van der Waals surface area contributed by atoms with E-state index in [1.54, 1.807) is 30.7 Å². The second-order valence-electron chi connectivity index (χ2n) is 4.77. The molecule has 0 saturated carbocycles. The molecule has 0 spiro atoms. The molecule has 0 aliphatic carbocycles. The van der Waals surface area contributed by atoms with E-state index in [-0.39, 0.29) is 5.57 Å². The minimum absolute atomic E-state index is 0.117. The van der Waals surface area contributed by atoms with E-state index in [2.05, 4.69) is 10.3 Å². The summed E-state index contributed by atoms with van der Waals surface area (Å²) in [6.07, 6.45) is 4.10. The predicted octanol–water partition coefficient (Wildman–Crippen LogP) is 1.62. The Kier molecular flexibility index (Phi) is 3.27. The highest BCUT2D eigenvalue weighted by Gasteiger charge is 2.41. The Labute approximate surface area is 129 Å². The van der Waals surface area contributed by atoms with Gasteiger partial charge in [0.25, 0.3) is 0 Å². The maximum absolute atomic E-state index is 12.3. The number of aliphatic hydroxyl groups excluding tert-OH is 2.